The molecule has 0 bridgehead atoms. The fourth-order valence-corrected chi connectivity index (χ4v) is 5.97. The Labute approximate surface area is 130 Å². The highest BCUT2D eigenvalue weighted by atomic mass is 32.2. The molecule has 8 heteroatoms. The Morgan fingerprint density at radius 1 is 1.43 bits per heavy atom. The standard InChI is InChI=1S/C13H22N4O2S2/c1-16-7-3-4-9(16)8-17(2)13-11(12(14)15-20-13)21(18,19)10-5-6-10/h9-10H,3-8H2,1-2H3,(H2,14,15). The lowest BCUT2D eigenvalue weighted by molar-refractivity contribution is 0.314. The van der Waals surface area contributed by atoms with Crippen LogP contribution in [0.2, 0.25) is 0 Å². The fourth-order valence-electron chi connectivity index (χ4n) is 2.95. The molecular weight excluding hydrogens is 308 g/mol. The molecule has 0 amide bonds. The normalized spacial score (nSPS) is 23.6. The van der Waals surface area contributed by atoms with Gasteiger partial charge in [0.15, 0.2) is 15.7 Å². The molecule has 6 nitrogen and oxygen atoms in total. The number of anilines is 2. The van der Waals surface area contributed by atoms with Gasteiger partial charge < -0.3 is 15.5 Å². The summed E-state index contributed by atoms with van der Waals surface area (Å²) < 4.78 is 29.2. The molecule has 21 heavy (non-hydrogen) atoms. The number of rotatable bonds is 5. The lowest BCUT2D eigenvalue weighted by Crippen LogP contribution is -2.36. The molecule has 1 atom stereocenters. The van der Waals surface area contributed by atoms with Crippen LogP contribution in [0.4, 0.5) is 10.8 Å². The molecule has 0 aromatic carbocycles. The second-order valence-electron chi connectivity index (χ2n) is 6.10. The van der Waals surface area contributed by atoms with Crippen molar-refractivity contribution in [1.29, 1.82) is 0 Å². The van der Waals surface area contributed by atoms with Gasteiger partial charge in [-0.1, -0.05) is 0 Å². The number of hydrogen-bond acceptors (Lipinski definition) is 7. The second-order valence-corrected chi connectivity index (χ2v) is 9.02. The smallest absolute Gasteiger partial charge is 0.187 e. The average molecular weight is 330 g/mol. The molecule has 2 fully saturated rings. The number of sulfone groups is 1. The van der Waals surface area contributed by atoms with Gasteiger partial charge in [0.1, 0.15) is 9.90 Å². The van der Waals surface area contributed by atoms with Crippen LogP contribution in [0.5, 0.6) is 0 Å². The fraction of sp³-hybridized carbons (Fsp3) is 0.769. The van der Waals surface area contributed by atoms with E-state index in [4.69, 9.17) is 5.73 Å². The van der Waals surface area contributed by atoms with Gasteiger partial charge in [-0.25, -0.2) is 8.42 Å². The van der Waals surface area contributed by atoms with E-state index in [-0.39, 0.29) is 16.0 Å². The molecule has 2 N–H and O–H groups in total. The lowest BCUT2D eigenvalue weighted by atomic mass is 10.2. The van der Waals surface area contributed by atoms with Crippen LogP contribution in [0.15, 0.2) is 4.90 Å². The van der Waals surface area contributed by atoms with Gasteiger partial charge in [0.25, 0.3) is 0 Å². The van der Waals surface area contributed by atoms with Crippen molar-refractivity contribution < 1.29 is 8.42 Å². The Morgan fingerprint density at radius 2 is 2.14 bits per heavy atom. The first-order valence-corrected chi connectivity index (χ1v) is 9.63. The van der Waals surface area contributed by atoms with E-state index < -0.39 is 9.84 Å². The van der Waals surface area contributed by atoms with Crippen molar-refractivity contribution in [3.05, 3.63) is 0 Å². The largest absolute Gasteiger partial charge is 0.382 e. The number of nitrogens with zero attached hydrogens (tertiary/aromatic N) is 3. The summed E-state index contributed by atoms with van der Waals surface area (Å²) in [7, 11) is 0.747. The summed E-state index contributed by atoms with van der Waals surface area (Å²) in [5, 5.41) is 0.442. The van der Waals surface area contributed by atoms with Crippen molar-refractivity contribution in [2.75, 3.05) is 37.8 Å². The molecule has 0 radical (unpaired) electrons. The predicted octanol–water partition coefficient (Wildman–Crippen LogP) is 1.19. The van der Waals surface area contributed by atoms with Crippen LogP contribution in [0, 0.1) is 0 Å². The second kappa shape index (κ2) is 5.40. The molecule has 1 aliphatic carbocycles. The predicted molar refractivity (Wildman–Crippen MR) is 85.7 cm³/mol. The molecule has 3 rings (SSSR count). The minimum atomic E-state index is -3.31. The number of nitrogen functional groups attached to an aromatic ring is 1. The van der Waals surface area contributed by atoms with Crippen molar-refractivity contribution in [1.82, 2.24) is 9.27 Å². The summed E-state index contributed by atoms with van der Waals surface area (Å²) in [4.78, 5) is 4.60. The third kappa shape index (κ3) is 2.76. The van der Waals surface area contributed by atoms with Crippen LogP contribution in [0.1, 0.15) is 25.7 Å². The van der Waals surface area contributed by atoms with E-state index in [2.05, 4.69) is 16.3 Å². The summed E-state index contributed by atoms with van der Waals surface area (Å²) in [5.41, 5.74) is 5.85. The summed E-state index contributed by atoms with van der Waals surface area (Å²) in [6, 6.07) is 0.467. The lowest BCUT2D eigenvalue weighted by Gasteiger charge is -2.26. The van der Waals surface area contributed by atoms with E-state index >= 15 is 0 Å². The van der Waals surface area contributed by atoms with Crippen molar-refractivity contribution in [3.63, 3.8) is 0 Å². The maximum atomic E-state index is 12.6. The molecule has 1 aliphatic heterocycles. The van der Waals surface area contributed by atoms with E-state index in [0.717, 1.165) is 32.4 Å². The van der Waals surface area contributed by atoms with Gasteiger partial charge in [0.05, 0.1) is 5.25 Å². The van der Waals surface area contributed by atoms with Crippen LogP contribution in [0.3, 0.4) is 0 Å². The first-order chi connectivity index (χ1) is 9.91. The Morgan fingerprint density at radius 3 is 2.71 bits per heavy atom. The van der Waals surface area contributed by atoms with Crippen LogP contribution in [-0.4, -0.2) is 56.2 Å². The van der Waals surface area contributed by atoms with E-state index in [1.807, 2.05) is 11.9 Å². The third-order valence-electron chi connectivity index (χ3n) is 4.41. The number of likely N-dealkylation sites (tertiary alicyclic amines) is 1. The van der Waals surface area contributed by atoms with Crippen LogP contribution in [-0.2, 0) is 9.84 Å². The minimum absolute atomic E-state index is 0.161. The van der Waals surface area contributed by atoms with Crippen molar-refractivity contribution in [3.8, 4) is 0 Å². The molecule has 1 unspecified atom stereocenters. The zero-order chi connectivity index (χ0) is 15.2. The van der Waals surface area contributed by atoms with Crippen LogP contribution >= 0.6 is 11.5 Å². The summed E-state index contributed by atoms with van der Waals surface area (Å²) in [6.45, 7) is 1.92. The first kappa shape index (κ1) is 15.1. The van der Waals surface area contributed by atoms with Gasteiger partial charge in [-0.2, -0.15) is 4.37 Å². The molecule has 118 valence electrons. The van der Waals surface area contributed by atoms with Crippen LogP contribution in [0.25, 0.3) is 0 Å². The quantitative estimate of drug-likeness (QED) is 0.874. The van der Waals surface area contributed by atoms with Crippen molar-refractivity contribution in [2.45, 2.75) is 41.9 Å². The van der Waals surface area contributed by atoms with Crippen molar-refractivity contribution >= 4 is 32.2 Å². The van der Waals surface area contributed by atoms with E-state index in [0.29, 0.717) is 11.0 Å². The minimum Gasteiger partial charge on any atom is -0.382 e. The number of nitrogens with two attached hydrogens (primary N) is 1. The molecule has 0 spiro atoms. The highest BCUT2D eigenvalue weighted by Gasteiger charge is 2.41. The SMILES string of the molecule is CN(CC1CCCN1C)c1snc(N)c1S(=O)(=O)C1CC1. The summed E-state index contributed by atoms with van der Waals surface area (Å²) in [6.07, 6.45) is 3.84. The van der Waals surface area contributed by atoms with Gasteiger partial charge in [0, 0.05) is 19.6 Å². The topological polar surface area (TPSA) is 79.5 Å². The molecule has 1 saturated heterocycles. The zero-order valence-electron chi connectivity index (χ0n) is 12.4. The number of hydrogen-bond donors (Lipinski definition) is 1. The zero-order valence-corrected chi connectivity index (χ0v) is 14.1. The number of likely N-dealkylation sites (N-methyl/N-ethyl adjacent to an activating group) is 2. The highest BCUT2D eigenvalue weighted by molar-refractivity contribution is 7.92. The molecule has 2 heterocycles. The third-order valence-corrected chi connectivity index (χ3v) is 7.83. The average Bonchev–Trinajstić information content (AvgIpc) is 3.11. The summed E-state index contributed by atoms with van der Waals surface area (Å²) in [5.74, 6) is 0.161. The van der Waals surface area contributed by atoms with Gasteiger partial charge in [-0.05, 0) is 50.8 Å². The van der Waals surface area contributed by atoms with Gasteiger partial charge in [-0.3, -0.25) is 0 Å². The maximum Gasteiger partial charge on any atom is 0.187 e. The maximum absolute atomic E-state index is 12.6. The first-order valence-electron chi connectivity index (χ1n) is 7.31. The molecule has 1 aromatic heterocycles. The van der Waals surface area contributed by atoms with Gasteiger partial charge in [-0.15, -0.1) is 0 Å². The van der Waals surface area contributed by atoms with Gasteiger partial charge >= 0.3 is 0 Å². The highest BCUT2D eigenvalue weighted by Crippen LogP contribution is 2.42. The van der Waals surface area contributed by atoms with Crippen molar-refractivity contribution in [2.24, 2.45) is 0 Å². The Balaban J connectivity index is 1.85. The van der Waals surface area contributed by atoms with E-state index in [1.54, 1.807) is 0 Å². The molecule has 1 aromatic rings. The Bertz CT molecular complexity index is 624. The number of aromatic nitrogens is 1. The monoisotopic (exact) mass is 330 g/mol. The molecule has 1 saturated carbocycles. The molecular formula is C13H22N4O2S2. The Kier molecular flexibility index (Phi) is 3.87. The van der Waals surface area contributed by atoms with Crippen LogP contribution < -0.4 is 10.6 Å². The Hall–Kier alpha value is -0.860. The van der Waals surface area contributed by atoms with E-state index in [1.165, 1.54) is 18.0 Å². The molecule has 2 aliphatic rings. The summed E-state index contributed by atoms with van der Waals surface area (Å²) >= 11 is 1.19. The van der Waals surface area contributed by atoms with E-state index in [9.17, 15) is 8.42 Å². The van der Waals surface area contributed by atoms with Gasteiger partial charge in [0.2, 0.25) is 0 Å².